The van der Waals surface area contributed by atoms with Gasteiger partial charge in [0.15, 0.2) is 0 Å². The van der Waals surface area contributed by atoms with E-state index < -0.39 is 11.9 Å². The maximum atomic E-state index is 13.5. The molecule has 2 aliphatic heterocycles. The Hall–Kier alpha value is -3.83. The van der Waals surface area contributed by atoms with Crippen molar-refractivity contribution in [3.05, 3.63) is 69.5 Å². The highest BCUT2D eigenvalue weighted by Gasteiger charge is 2.30. The number of carbonyl (C=O) groups excluding carboxylic acids is 2. The summed E-state index contributed by atoms with van der Waals surface area (Å²) in [5, 5.41) is 2.68. The second-order valence-electron chi connectivity index (χ2n) is 9.14. The molecule has 0 bridgehead atoms. The summed E-state index contributed by atoms with van der Waals surface area (Å²) in [7, 11) is 0. The minimum Gasteiger partial charge on any atom is -0.299 e. The lowest BCUT2D eigenvalue weighted by molar-refractivity contribution is -0.135. The van der Waals surface area contributed by atoms with Gasteiger partial charge in [-0.2, -0.15) is 0 Å². The van der Waals surface area contributed by atoms with Crippen LogP contribution in [-0.4, -0.2) is 44.3 Å². The first-order valence-electron chi connectivity index (χ1n) is 12.0. The lowest BCUT2D eigenvalue weighted by Crippen LogP contribution is -2.45. The minimum absolute atomic E-state index is 0.182. The van der Waals surface area contributed by atoms with Crippen LogP contribution in [0, 0.1) is 18.8 Å². The molecule has 3 aromatic rings. The van der Waals surface area contributed by atoms with Gasteiger partial charge < -0.3 is 0 Å². The molecule has 2 aromatic heterocycles. The van der Waals surface area contributed by atoms with Gasteiger partial charge in [0.25, 0.3) is 5.56 Å². The van der Waals surface area contributed by atoms with E-state index in [0.29, 0.717) is 28.0 Å². The second-order valence-corrected chi connectivity index (χ2v) is 9.14. The van der Waals surface area contributed by atoms with Crippen LogP contribution in [-0.2, 0) is 16.1 Å². The van der Waals surface area contributed by atoms with Gasteiger partial charge in [0.05, 0.1) is 10.9 Å². The summed E-state index contributed by atoms with van der Waals surface area (Å²) < 4.78 is 1.38. The van der Waals surface area contributed by atoms with Gasteiger partial charge in [-0.15, -0.1) is 0 Å². The van der Waals surface area contributed by atoms with Crippen LogP contribution in [0.5, 0.6) is 0 Å². The van der Waals surface area contributed by atoms with E-state index in [1.54, 1.807) is 19.1 Å². The summed E-state index contributed by atoms with van der Waals surface area (Å²) in [4.78, 5) is 49.0. The van der Waals surface area contributed by atoms with Crippen molar-refractivity contribution in [2.24, 2.45) is 0 Å². The Morgan fingerprint density at radius 3 is 2.63 bits per heavy atom. The molecule has 1 atom stereocenters. The monoisotopic (exact) mass is 469 g/mol. The summed E-state index contributed by atoms with van der Waals surface area (Å²) in [6.45, 7) is 4.85. The van der Waals surface area contributed by atoms with E-state index in [-0.39, 0.29) is 24.3 Å². The number of hydrogen-bond acceptors (Lipinski definition) is 6. The molecular weight excluding hydrogens is 442 g/mol. The largest absolute Gasteiger partial charge is 0.299 e. The standard InChI is InChI=1S/C27H27N5O3/c1-18-29-22-7-5-6-20(25(22)27(35)32(18)23-12-13-24(33)30-26(23)34)9-11-21-10-8-19(16-28-21)17-31-14-3-2-4-15-31/h5-8,10,16,23H,2-4,12-15,17H2,1H3,(H,30,33,34). The second kappa shape index (κ2) is 9.80. The smallest absolute Gasteiger partial charge is 0.263 e. The molecule has 2 aliphatic rings. The SMILES string of the molecule is Cc1nc2cccc(C#Cc3ccc(CN4CCCCC4)cn3)c2c(=O)n1C1CCC(=O)NC1=O. The van der Waals surface area contributed by atoms with E-state index >= 15 is 0 Å². The lowest BCUT2D eigenvalue weighted by Gasteiger charge is -2.26. The van der Waals surface area contributed by atoms with Gasteiger partial charge in [-0.25, -0.2) is 9.97 Å². The summed E-state index contributed by atoms with van der Waals surface area (Å²) in [6, 6.07) is 8.53. The van der Waals surface area contributed by atoms with Crippen LogP contribution in [0.2, 0.25) is 0 Å². The first kappa shape index (κ1) is 22.9. The first-order valence-corrected chi connectivity index (χ1v) is 12.0. The van der Waals surface area contributed by atoms with Crippen molar-refractivity contribution in [3.63, 3.8) is 0 Å². The number of carbonyl (C=O) groups is 2. The van der Waals surface area contributed by atoms with Crippen LogP contribution < -0.4 is 10.9 Å². The third-order valence-corrected chi connectivity index (χ3v) is 6.63. The molecule has 0 radical (unpaired) electrons. The number of nitrogens with one attached hydrogen (secondary N) is 1. The molecular formula is C27H27N5O3. The number of hydrogen-bond donors (Lipinski definition) is 1. The van der Waals surface area contributed by atoms with Crippen molar-refractivity contribution in [2.45, 2.75) is 51.6 Å². The molecule has 2 fully saturated rings. The van der Waals surface area contributed by atoms with Crippen molar-refractivity contribution in [1.82, 2.24) is 24.8 Å². The molecule has 8 nitrogen and oxygen atoms in total. The van der Waals surface area contributed by atoms with E-state index in [9.17, 15) is 14.4 Å². The summed E-state index contributed by atoms with van der Waals surface area (Å²) >= 11 is 0. The van der Waals surface area contributed by atoms with Crippen molar-refractivity contribution in [3.8, 4) is 11.8 Å². The van der Waals surface area contributed by atoms with Gasteiger partial charge >= 0.3 is 0 Å². The number of amides is 2. The molecule has 35 heavy (non-hydrogen) atoms. The van der Waals surface area contributed by atoms with Gasteiger partial charge in [-0.05, 0) is 69.0 Å². The van der Waals surface area contributed by atoms with E-state index in [2.05, 4.69) is 38.1 Å². The molecule has 8 heteroatoms. The third kappa shape index (κ3) is 4.86. The number of imide groups is 1. The third-order valence-electron chi connectivity index (χ3n) is 6.63. The molecule has 2 amide bonds. The van der Waals surface area contributed by atoms with Crippen LogP contribution in [0.1, 0.15) is 60.8 Å². The maximum Gasteiger partial charge on any atom is 0.263 e. The average molecular weight is 470 g/mol. The maximum absolute atomic E-state index is 13.5. The number of pyridine rings is 1. The van der Waals surface area contributed by atoms with Crippen molar-refractivity contribution in [1.29, 1.82) is 0 Å². The van der Waals surface area contributed by atoms with Gasteiger partial charge in [0.1, 0.15) is 17.6 Å². The molecule has 4 heterocycles. The molecule has 0 spiro atoms. The highest BCUT2D eigenvalue weighted by molar-refractivity contribution is 5.99. The number of benzene rings is 1. The van der Waals surface area contributed by atoms with Crippen LogP contribution in [0.15, 0.2) is 41.3 Å². The van der Waals surface area contributed by atoms with E-state index in [1.165, 1.54) is 23.8 Å². The predicted molar refractivity (Wildman–Crippen MR) is 132 cm³/mol. The number of likely N-dealkylation sites (tertiary alicyclic amines) is 1. The van der Waals surface area contributed by atoms with Crippen LogP contribution >= 0.6 is 0 Å². The van der Waals surface area contributed by atoms with Crippen LogP contribution in [0.4, 0.5) is 0 Å². The van der Waals surface area contributed by atoms with Crippen LogP contribution in [0.3, 0.4) is 0 Å². The normalized spacial score (nSPS) is 18.7. The molecule has 0 aliphatic carbocycles. The number of nitrogens with zero attached hydrogens (tertiary/aromatic N) is 4. The quantitative estimate of drug-likeness (QED) is 0.468. The zero-order valence-electron chi connectivity index (χ0n) is 19.7. The summed E-state index contributed by atoms with van der Waals surface area (Å²) in [6.07, 6.45) is 6.12. The molecule has 178 valence electrons. The summed E-state index contributed by atoms with van der Waals surface area (Å²) in [5.74, 6) is 5.76. The number of rotatable bonds is 3. The Labute approximate surface area is 203 Å². The number of aromatic nitrogens is 3. The number of piperidine rings is 2. The van der Waals surface area contributed by atoms with E-state index in [1.807, 2.05) is 18.3 Å². The van der Waals surface area contributed by atoms with Gasteiger partial charge in [0.2, 0.25) is 11.8 Å². The predicted octanol–water partition coefficient (Wildman–Crippen LogP) is 2.46. The Balaban J connectivity index is 1.45. The zero-order valence-corrected chi connectivity index (χ0v) is 19.7. The molecule has 2 saturated heterocycles. The summed E-state index contributed by atoms with van der Waals surface area (Å²) in [5.41, 5.74) is 2.49. The van der Waals surface area contributed by atoms with Crippen molar-refractivity contribution in [2.75, 3.05) is 13.1 Å². The fraction of sp³-hybridized carbons (Fsp3) is 0.370. The van der Waals surface area contributed by atoms with Crippen molar-refractivity contribution >= 4 is 22.7 Å². The molecule has 1 N–H and O–H groups in total. The fourth-order valence-electron chi connectivity index (χ4n) is 4.85. The molecule has 5 rings (SSSR count). The van der Waals surface area contributed by atoms with Crippen molar-refractivity contribution < 1.29 is 9.59 Å². The topological polar surface area (TPSA) is 97.2 Å². The van der Waals surface area contributed by atoms with E-state index in [4.69, 9.17) is 0 Å². The molecule has 0 saturated carbocycles. The van der Waals surface area contributed by atoms with Gasteiger partial charge in [-0.3, -0.25) is 29.2 Å². The highest BCUT2D eigenvalue weighted by Crippen LogP contribution is 2.21. The fourth-order valence-corrected chi connectivity index (χ4v) is 4.85. The number of aryl methyl sites for hydroxylation is 1. The molecule has 1 aromatic carbocycles. The Kier molecular flexibility index (Phi) is 6.43. The van der Waals surface area contributed by atoms with Crippen LogP contribution in [0.25, 0.3) is 10.9 Å². The molecule has 1 unspecified atom stereocenters. The highest BCUT2D eigenvalue weighted by atomic mass is 16.2. The van der Waals surface area contributed by atoms with E-state index in [0.717, 1.165) is 25.2 Å². The minimum atomic E-state index is -0.771. The Morgan fingerprint density at radius 1 is 1.06 bits per heavy atom. The van der Waals surface area contributed by atoms with Gasteiger partial charge in [-0.1, -0.05) is 24.5 Å². The first-order chi connectivity index (χ1) is 17.0. The lowest BCUT2D eigenvalue weighted by atomic mass is 10.0. The Bertz CT molecular complexity index is 1410. The Morgan fingerprint density at radius 2 is 1.89 bits per heavy atom. The van der Waals surface area contributed by atoms with Gasteiger partial charge in [0, 0.05) is 24.7 Å². The zero-order chi connectivity index (χ0) is 24.4. The average Bonchev–Trinajstić information content (AvgIpc) is 2.85. The number of fused-ring (bicyclic) bond motifs is 1.